The van der Waals surface area contributed by atoms with Crippen molar-refractivity contribution in [2.24, 2.45) is 5.73 Å². The number of carbonyl (C=O) groups excluding carboxylic acids is 1. The molecule has 4 heteroatoms. The molecule has 3 nitrogen and oxygen atoms in total. The van der Waals surface area contributed by atoms with Crippen LogP contribution in [0.15, 0.2) is 24.3 Å². The summed E-state index contributed by atoms with van der Waals surface area (Å²) in [5.41, 5.74) is 7.42. The van der Waals surface area contributed by atoms with Crippen molar-refractivity contribution in [3.8, 4) is 0 Å². The zero-order valence-electron chi connectivity index (χ0n) is 9.56. The van der Waals surface area contributed by atoms with E-state index in [-0.39, 0.29) is 5.91 Å². The first-order valence-electron chi connectivity index (χ1n) is 5.17. The molecule has 1 aromatic carbocycles. The second-order valence-corrected chi connectivity index (χ2v) is 4.11. The van der Waals surface area contributed by atoms with E-state index in [1.807, 2.05) is 31.2 Å². The van der Waals surface area contributed by atoms with Crippen molar-refractivity contribution in [3.05, 3.63) is 35.4 Å². The largest absolute Gasteiger partial charge is 0.389 e. The van der Waals surface area contributed by atoms with Gasteiger partial charge in [-0.2, -0.15) is 0 Å². The Labute approximate surface area is 101 Å². The molecule has 1 amide bonds. The van der Waals surface area contributed by atoms with Crippen molar-refractivity contribution < 1.29 is 4.79 Å². The Hall–Kier alpha value is -1.42. The van der Waals surface area contributed by atoms with Crippen LogP contribution in [-0.4, -0.2) is 22.8 Å². The molecular formula is C12H16N2OS. The molecule has 0 saturated heterocycles. The lowest BCUT2D eigenvalue weighted by Crippen LogP contribution is -2.25. The summed E-state index contributed by atoms with van der Waals surface area (Å²) < 4.78 is 0. The monoisotopic (exact) mass is 236 g/mol. The Morgan fingerprint density at radius 3 is 2.75 bits per heavy atom. The lowest BCUT2D eigenvalue weighted by atomic mass is 10.1. The van der Waals surface area contributed by atoms with Crippen LogP contribution in [0.2, 0.25) is 0 Å². The zero-order valence-corrected chi connectivity index (χ0v) is 10.4. The van der Waals surface area contributed by atoms with E-state index in [0.717, 1.165) is 11.1 Å². The fourth-order valence-corrected chi connectivity index (χ4v) is 1.58. The molecular weight excluding hydrogens is 220 g/mol. The molecule has 0 fully saturated rings. The number of hydrogen-bond donors (Lipinski definition) is 1. The van der Waals surface area contributed by atoms with E-state index in [2.05, 4.69) is 0 Å². The van der Waals surface area contributed by atoms with Crippen LogP contribution < -0.4 is 5.73 Å². The molecule has 1 rings (SSSR count). The smallest absolute Gasteiger partial charge is 0.222 e. The van der Waals surface area contributed by atoms with Crippen LogP contribution in [-0.2, 0) is 11.3 Å². The van der Waals surface area contributed by atoms with Crippen LogP contribution in [0.3, 0.4) is 0 Å². The van der Waals surface area contributed by atoms with Gasteiger partial charge in [0.1, 0.15) is 4.99 Å². The number of hydrogen-bond acceptors (Lipinski definition) is 2. The number of nitrogens with zero attached hydrogens (tertiary/aromatic N) is 1. The summed E-state index contributed by atoms with van der Waals surface area (Å²) in [6.45, 7) is 2.44. The van der Waals surface area contributed by atoms with Crippen LogP contribution in [0.1, 0.15) is 24.5 Å². The zero-order chi connectivity index (χ0) is 12.1. The predicted molar refractivity (Wildman–Crippen MR) is 69.1 cm³/mol. The van der Waals surface area contributed by atoms with Gasteiger partial charge in [-0.15, -0.1) is 0 Å². The van der Waals surface area contributed by atoms with E-state index in [1.165, 1.54) is 0 Å². The third kappa shape index (κ3) is 3.31. The summed E-state index contributed by atoms with van der Waals surface area (Å²) in [5, 5.41) is 0. The number of amides is 1. The van der Waals surface area contributed by atoms with E-state index in [1.54, 1.807) is 11.9 Å². The van der Waals surface area contributed by atoms with E-state index >= 15 is 0 Å². The maximum Gasteiger partial charge on any atom is 0.222 e. The third-order valence-corrected chi connectivity index (χ3v) is 2.60. The van der Waals surface area contributed by atoms with Crippen LogP contribution in [0.4, 0.5) is 0 Å². The summed E-state index contributed by atoms with van der Waals surface area (Å²) in [5.74, 6) is 0.126. The Morgan fingerprint density at radius 1 is 1.50 bits per heavy atom. The number of nitrogens with two attached hydrogens (primary N) is 1. The van der Waals surface area contributed by atoms with Gasteiger partial charge < -0.3 is 10.6 Å². The Kier molecular flexibility index (Phi) is 4.43. The van der Waals surface area contributed by atoms with Crippen molar-refractivity contribution in [2.45, 2.75) is 19.9 Å². The van der Waals surface area contributed by atoms with E-state index in [0.29, 0.717) is 18.0 Å². The first kappa shape index (κ1) is 12.6. The average Bonchev–Trinajstić information content (AvgIpc) is 2.28. The summed E-state index contributed by atoms with van der Waals surface area (Å²) in [6, 6.07) is 7.64. The van der Waals surface area contributed by atoms with E-state index in [4.69, 9.17) is 18.0 Å². The minimum absolute atomic E-state index is 0.126. The second kappa shape index (κ2) is 5.61. The fourth-order valence-electron chi connectivity index (χ4n) is 1.45. The van der Waals surface area contributed by atoms with Gasteiger partial charge in [-0.05, 0) is 11.6 Å². The Balaban J connectivity index is 2.78. The van der Waals surface area contributed by atoms with Gasteiger partial charge in [0, 0.05) is 25.6 Å². The molecule has 0 atom stereocenters. The maximum atomic E-state index is 11.4. The van der Waals surface area contributed by atoms with Crippen LogP contribution in [0.25, 0.3) is 0 Å². The second-order valence-electron chi connectivity index (χ2n) is 3.67. The molecule has 0 radical (unpaired) electrons. The first-order valence-corrected chi connectivity index (χ1v) is 5.58. The molecule has 0 bridgehead atoms. The van der Waals surface area contributed by atoms with Gasteiger partial charge >= 0.3 is 0 Å². The van der Waals surface area contributed by atoms with Gasteiger partial charge in [-0.25, -0.2) is 0 Å². The van der Waals surface area contributed by atoms with Crippen LogP contribution in [0, 0.1) is 0 Å². The van der Waals surface area contributed by atoms with Gasteiger partial charge in [-0.3, -0.25) is 4.79 Å². The van der Waals surface area contributed by atoms with Crippen molar-refractivity contribution in [3.63, 3.8) is 0 Å². The van der Waals surface area contributed by atoms with Crippen molar-refractivity contribution in [1.82, 2.24) is 4.90 Å². The average molecular weight is 236 g/mol. The summed E-state index contributed by atoms with van der Waals surface area (Å²) in [6.07, 6.45) is 0.519. The number of thiocarbonyl (C=S) groups is 1. The summed E-state index contributed by atoms with van der Waals surface area (Å²) in [7, 11) is 1.79. The van der Waals surface area contributed by atoms with Crippen molar-refractivity contribution in [2.75, 3.05) is 7.05 Å². The first-order chi connectivity index (χ1) is 7.54. The van der Waals surface area contributed by atoms with Crippen LogP contribution in [0.5, 0.6) is 0 Å². The van der Waals surface area contributed by atoms with Gasteiger partial charge in [0.15, 0.2) is 0 Å². The highest BCUT2D eigenvalue weighted by atomic mass is 32.1. The minimum atomic E-state index is 0.126. The fraction of sp³-hybridized carbons (Fsp3) is 0.333. The van der Waals surface area contributed by atoms with Gasteiger partial charge in [-0.1, -0.05) is 37.3 Å². The Bertz CT molecular complexity index is 404. The molecule has 0 spiro atoms. The molecule has 1 aromatic rings. The van der Waals surface area contributed by atoms with Gasteiger partial charge in [0.25, 0.3) is 0 Å². The highest BCUT2D eigenvalue weighted by Crippen LogP contribution is 2.08. The van der Waals surface area contributed by atoms with Crippen molar-refractivity contribution >= 4 is 23.1 Å². The van der Waals surface area contributed by atoms with E-state index in [9.17, 15) is 4.79 Å². The Morgan fingerprint density at radius 2 is 2.19 bits per heavy atom. The summed E-state index contributed by atoms with van der Waals surface area (Å²) in [4.78, 5) is 13.5. The standard InChI is InChI=1S/C12H16N2OS/c1-3-11(15)14(2)8-9-5-4-6-10(7-9)12(13)16/h4-7H,3,8H2,1-2H3,(H2,13,16). The SMILES string of the molecule is CCC(=O)N(C)Cc1cccc(C(N)=S)c1. The molecule has 0 aliphatic rings. The van der Waals surface area contributed by atoms with Gasteiger partial charge in [0.2, 0.25) is 5.91 Å². The molecule has 0 aliphatic carbocycles. The molecule has 16 heavy (non-hydrogen) atoms. The summed E-state index contributed by atoms with van der Waals surface area (Å²) >= 11 is 4.91. The quantitative estimate of drug-likeness (QED) is 0.809. The normalized spacial score (nSPS) is 9.88. The molecule has 0 aliphatic heterocycles. The number of rotatable bonds is 4. The highest BCUT2D eigenvalue weighted by molar-refractivity contribution is 7.80. The maximum absolute atomic E-state index is 11.4. The van der Waals surface area contributed by atoms with Gasteiger partial charge in [0.05, 0.1) is 0 Å². The number of benzene rings is 1. The lowest BCUT2D eigenvalue weighted by Gasteiger charge is -2.16. The molecule has 0 heterocycles. The molecule has 86 valence electrons. The molecule has 2 N–H and O–H groups in total. The molecule has 0 saturated carbocycles. The molecule has 0 unspecified atom stereocenters. The lowest BCUT2D eigenvalue weighted by molar-refractivity contribution is -0.130. The number of carbonyl (C=O) groups is 1. The van der Waals surface area contributed by atoms with Crippen LogP contribution >= 0.6 is 12.2 Å². The van der Waals surface area contributed by atoms with Crippen molar-refractivity contribution in [1.29, 1.82) is 0 Å². The molecule has 0 aromatic heterocycles. The highest BCUT2D eigenvalue weighted by Gasteiger charge is 2.07. The van der Waals surface area contributed by atoms with E-state index < -0.39 is 0 Å². The minimum Gasteiger partial charge on any atom is -0.389 e. The third-order valence-electron chi connectivity index (χ3n) is 2.36. The predicted octanol–water partition coefficient (Wildman–Crippen LogP) is 1.69. The topological polar surface area (TPSA) is 46.3 Å².